The number of hydrogen-bond donors (Lipinski definition) is 1. The number of likely N-dealkylation sites (N-methyl/N-ethyl adjacent to an activating group) is 1. The zero-order valence-corrected chi connectivity index (χ0v) is 15.1. The van der Waals surface area contributed by atoms with Crippen LogP contribution in [0.15, 0.2) is 22.3 Å². The van der Waals surface area contributed by atoms with Crippen LogP contribution in [0.4, 0.5) is 0 Å². The van der Waals surface area contributed by atoms with Crippen molar-refractivity contribution in [1.29, 1.82) is 0 Å². The van der Waals surface area contributed by atoms with E-state index >= 15 is 0 Å². The second-order valence-electron chi connectivity index (χ2n) is 6.99. The SMILES string of the molecule is CC1=C(C)C(C[Si](C)(C)NCCN(C)C)C(C)=C1C. The van der Waals surface area contributed by atoms with Gasteiger partial charge >= 0.3 is 0 Å². The third-order valence-corrected chi connectivity index (χ3v) is 7.30. The minimum absolute atomic E-state index is 0.688. The first kappa shape index (κ1) is 16.7. The summed E-state index contributed by atoms with van der Waals surface area (Å²) >= 11 is 0. The summed E-state index contributed by atoms with van der Waals surface area (Å²) in [6.45, 7) is 16.4. The van der Waals surface area contributed by atoms with Gasteiger partial charge in [-0.2, -0.15) is 0 Å². The first-order valence-electron chi connectivity index (χ1n) is 7.40. The van der Waals surface area contributed by atoms with Gasteiger partial charge in [-0.15, -0.1) is 0 Å². The van der Waals surface area contributed by atoms with E-state index in [-0.39, 0.29) is 0 Å². The Labute approximate surface area is 121 Å². The summed E-state index contributed by atoms with van der Waals surface area (Å²) in [4.78, 5) is 6.09. The van der Waals surface area contributed by atoms with E-state index in [0.717, 1.165) is 13.1 Å². The van der Waals surface area contributed by atoms with Crippen LogP contribution in [0.1, 0.15) is 27.7 Å². The lowest BCUT2D eigenvalue weighted by Crippen LogP contribution is -2.48. The van der Waals surface area contributed by atoms with Crippen molar-refractivity contribution in [2.75, 3.05) is 27.2 Å². The fourth-order valence-corrected chi connectivity index (χ4v) is 5.51. The first-order chi connectivity index (χ1) is 8.65. The largest absolute Gasteiger partial charge is 0.336 e. The van der Waals surface area contributed by atoms with E-state index in [1.165, 1.54) is 17.2 Å². The lowest BCUT2D eigenvalue weighted by atomic mass is 9.99. The lowest BCUT2D eigenvalue weighted by molar-refractivity contribution is 0.412. The average Bonchev–Trinajstić information content (AvgIpc) is 2.46. The molecule has 0 unspecified atom stereocenters. The smallest absolute Gasteiger partial charge is 0.120 e. The van der Waals surface area contributed by atoms with Gasteiger partial charge in [-0.1, -0.05) is 24.2 Å². The van der Waals surface area contributed by atoms with Crippen molar-refractivity contribution in [2.45, 2.75) is 46.8 Å². The molecule has 0 bridgehead atoms. The summed E-state index contributed by atoms with van der Waals surface area (Å²) in [5, 5.41) is 0. The van der Waals surface area contributed by atoms with Gasteiger partial charge in [0, 0.05) is 19.0 Å². The molecule has 0 aromatic heterocycles. The Kier molecular flexibility index (Phi) is 5.60. The van der Waals surface area contributed by atoms with Crippen LogP contribution in [0.2, 0.25) is 19.1 Å². The van der Waals surface area contributed by atoms with Gasteiger partial charge in [0.15, 0.2) is 0 Å². The molecule has 0 aromatic rings. The predicted molar refractivity (Wildman–Crippen MR) is 89.1 cm³/mol. The first-order valence-corrected chi connectivity index (χ1v) is 10.6. The summed E-state index contributed by atoms with van der Waals surface area (Å²) in [6.07, 6.45) is 0. The highest BCUT2D eigenvalue weighted by molar-refractivity contribution is 6.75. The van der Waals surface area contributed by atoms with Crippen molar-refractivity contribution < 1.29 is 0 Å². The third kappa shape index (κ3) is 4.30. The van der Waals surface area contributed by atoms with Crippen LogP contribution in [0, 0.1) is 5.92 Å². The van der Waals surface area contributed by atoms with Gasteiger partial charge in [0.05, 0.1) is 0 Å². The molecule has 3 heteroatoms. The van der Waals surface area contributed by atoms with E-state index < -0.39 is 8.24 Å². The second-order valence-corrected chi connectivity index (χ2v) is 11.5. The average molecular weight is 281 g/mol. The van der Waals surface area contributed by atoms with Crippen molar-refractivity contribution in [1.82, 2.24) is 9.88 Å². The highest BCUT2D eigenvalue weighted by Gasteiger charge is 2.31. The van der Waals surface area contributed by atoms with E-state index in [9.17, 15) is 0 Å². The summed E-state index contributed by atoms with van der Waals surface area (Å²) in [5.41, 5.74) is 6.26. The molecule has 1 aliphatic carbocycles. The van der Waals surface area contributed by atoms with Crippen LogP contribution in [0.5, 0.6) is 0 Å². The molecule has 0 atom stereocenters. The summed E-state index contributed by atoms with van der Waals surface area (Å²) in [6, 6.07) is 1.33. The number of nitrogens with one attached hydrogen (secondary N) is 1. The Morgan fingerprint density at radius 2 is 1.47 bits per heavy atom. The molecule has 0 saturated carbocycles. The zero-order chi connectivity index (χ0) is 14.8. The highest BCUT2D eigenvalue weighted by Crippen LogP contribution is 2.40. The van der Waals surface area contributed by atoms with Crippen molar-refractivity contribution in [2.24, 2.45) is 5.92 Å². The number of hydrogen-bond acceptors (Lipinski definition) is 2. The molecule has 0 radical (unpaired) electrons. The molecular formula is C16H32N2Si. The van der Waals surface area contributed by atoms with Gasteiger partial charge in [0.1, 0.15) is 8.24 Å². The predicted octanol–water partition coefficient (Wildman–Crippen LogP) is 3.65. The Bertz CT molecular complexity index is 368. The molecule has 19 heavy (non-hydrogen) atoms. The zero-order valence-electron chi connectivity index (χ0n) is 14.1. The van der Waals surface area contributed by atoms with Crippen LogP contribution in [-0.2, 0) is 0 Å². The molecule has 0 heterocycles. The summed E-state index contributed by atoms with van der Waals surface area (Å²) in [5.74, 6) is 0.688. The molecule has 110 valence electrons. The number of nitrogens with zero attached hydrogens (tertiary/aromatic N) is 1. The van der Waals surface area contributed by atoms with E-state index in [1.54, 1.807) is 11.1 Å². The monoisotopic (exact) mass is 280 g/mol. The molecule has 2 nitrogen and oxygen atoms in total. The molecule has 0 amide bonds. The van der Waals surface area contributed by atoms with E-state index in [1.807, 2.05) is 0 Å². The molecule has 0 spiro atoms. The Balaban J connectivity index is 2.64. The maximum absolute atomic E-state index is 3.84. The Morgan fingerprint density at radius 3 is 1.89 bits per heavy atom. The molecule has 0 aliphatic heterocycles. The minimum Gasteiger partial charge on any atom is -0.336 e. The van der Waals surface area contributed by atoms with E-state index in [0.29, 0.717) is 5.92 Å². The molecule has 0 aromatic carbocycles. The quantitative estimate of drug-likeness (QED) is 0.747. The number of rotatable bonds is 6. The molecule has 0 saturated heterocycles. The van der Waals surface area contributed by atoms with Crippen LogP contribution in [0.3, 0.4) is 0 Å². The van der Waals surface area contributed by atoms with Gasteiger partial charge in [-0.05, 0) is 59.0 Å². The fraction of sp³-hybridized carbons (Fsp3) is 0.750. The third-order valence-electron chi connectivity index (χ3n) is 4.67. The topological polar surface area (TPSA) is 15.3 Å². The molecular weight excluding hydrogens is 248 g/mol. The standard InChI is InChI=1S/C16H32N2Si/c1-12-13(2)15(4)16(14(12)3)11-19(7,8)17-9-10-18(5)6/h16-17H,9-11H2,1-8H3. The van der Waals surface area contributed by atoms with Gasteiger partial charge < -0.3 is 9.88 Å². The fourth-order valence-electron chi connectivity index (χ4n) is 2.95. The molecule has 1 rings (SSSR count). The Morgan fingerprint density at radius 1 is 1.00 bits per heavy atom. The summed E-state index contributed by atoms with van der Waals surface area (Å²) < 4.78 is 0. The van der Waals surface area contributed by atoms with Crippen molar-refractivity contribution >= 4 is 8.24 Å². The van der Waals surface area contributed by atoms with Crippen LogP contribution >= 0.6 is 0 Å². The number of allylic oxidation sites excluding steroid dienone is 4. The van der Waals surface area contributed by atoms with Crippen molar-refractivity contribution in [3.63, 3.8) is 0 Å². The van der Waals surface area contributed by atoms with Gasteiger partial charge in [0.2, 0.25) is 0 Å². The van der Waals surface area contributed by atoms with Crippen molar-refractivity contribution in [3.05, 3.63) is 22.3 Å². The molecule has 0 fully saturated rings. The van der Waals surface area contributed by atoms with Crippen LogP contribution in [0.25, 0.3) is 0 Å². The van der Waals surface area contributed by atoms with Gasteiger partial charge in [-0.3, -0.25) is 0 Å². The second kappa shape index (κ2) is 6.38. The normalized spacial score (nSPS) is 18.2. The van der Waals surface area contributed by atoms with Crippen molar-refractivity contribution in [3.8, 4) is 0 Å². The van der Waals surface area contributed by atoms with Gasteiger partial charge in [-0.25, -0.2) is 0 Å². The maximum Gasteiger partial charge on any atom is 0.120 e. The molecule has 1 aliphatic rings. The van der Waals surface area contributed by atoms with Crippen LogP contribution < -0.4 is 4.98 Å². The molecule has 1 N–H and O–H groups in total. The lowest BCUT2D eigenvalue weighted by Gasteiger charge is -2.29. The van der Waals surface area contributed by atoms with Gasteiger partial charge in [0.25, 0.3) is 0 Å². The maximum atomic E-state index is 3.84. The van der Waals surface area contributed by atoms with E-state index in [2.05, 4.69) is 64.8 Å². The summed E-state index contributed by atoms with van der Waals surface area (Å²) in [7, 11) is 2.95. The van der Waals surface area contributed by atoms with E-state index in [4.69, 9.17) is 0 Å². The highest BCUT2D eigenvalue weighted by atomic mass is 28.3. The minimum atomic E-state index is -1.32. The Hall–Kier alpha value is -0.383. The van der Waals surface area contributed by atoms with Crippen LogP contribution in [-0.4, -0.2) is 40.3 Å².